The Morgan fingerprint density at radius 2 is 2.05 bits per heavy atom. The molecule has 0 saturated carbocycles. The molecule has 2 aliphatic heterocycles. The number of nitrogens with one attached hydrogen (secondary N) is 1. The van der Waals surface area contributed by atoms with Crippen molar-refractivity contribution in [1.29, 1.82) is 0 Å². The second kappa shape index (κ2) is 6.34. The molecule has 0 aromatic heterocycles. The number of morpholine rings is 1. The molecule has 0 aliphatic carbocycles. The molecule has 0 amide bonds. The number of rotatable bonds is 5. The Bertz CT molecular complexity index is 482. The minimum absolute atomic E-state index is 0.0509. The highest BCUT2D eigenvalue weighted by atomic mass is 16.5. The summed E-state index contributed by atoms with van der Waals surface area (Å²) in [7, 11) is 0. The molecule has 4 heteroatoms. The van der Waals surface area contributed by atoms with Crippen LogP contribution in [0.25, 0.3) is 0 Å². The molecular formula is C17H26N2O2. The maximum Gasteiger partial charge on any atom is 0.123 e. The van der Waals surface area contributed by atoms with Crippen molar-refractivity contribution < 1.29 is 9.47 Å². The fourth-order valence-corrected chi connectivity index (χ4v) is 3.07. The van der Waals surface area contributed by atoms with Crippen LogP contribution in [0, 0.1) is 0 Å². The summed E-state index contributed by atoms with van der Waals surface area (Å²) in [6.07, 6.45) is 1.00. The van der Waals surface area contributed by atoms with Gasteiger partial charge in [0.05, 0.1) is 13.2 Å². The molecular weight excluding hydrogens is 264 g/mol. The van der Waals surface area contributed by atoms with E-state index in [2.05, 4.69) is 42.3 Å². The summed E-state index contributed by atoms with van der Waals surface area (Å²) >= 11 is 0. The third-order valence-corrected chi connectivity index (χ3v) is 4.16. The lowest BCUT2D eigenvalue weighted by Gasteiger charge is -2.26. The van der Waals surface area contributed by atoms with Gasteiger partial charge in [-0.15, -0.1) is 0 Å². The van der Waals surface area contributed by atoms with E-state index < -0.39 is 0 Å². The fraction of sp³-hybridized carbons (Fsp3) is 0.647. The molecule has 0 radical (unpaired) electrons. The van der Waals surface area contributed by atoms with Crippen LogP contribution in [0.4, 0.5) is 0 Å². The first-order chi connectivity index (χ1) is 10.1. The van der Waals surface area contributed by atoms with Crippen LogP contribution in [0.3, 0.4) is 0 Å². The fourth-order valence-electron chi connectivity index (χ4n) is 3.07. The van der Waals surface area contributed by atoms with Crippen molar-refractivity contribution in [2.45, 2.75) is 32.4 Å². The van der Waals surface area contributed by atoms with E-state index >= 15 is 0 Å². The SMILES string of the molecule is CC1(C)Cc2cc(CNCCN3CCOCC3)ccc2O1. The van der Waals surface area contributed by atoms with Crippen molar-refractivity contribution in [1.82, 2.24) is 10.2 Å². The molecule has 1 saturated heterocycles. The Hall–Kier alpha value is -1.10. The van der Waals surface area contributed by atoms with Crippen LogP contribution in [0.5, 0.6) is 5.75 Å². The van der Waals surface area contributed by atoms with Gasteiger partial charge in [0.2, 0.25) is 0 Å². The predicted molar refractivity (Wildman–Crippen MR) is 83.8 cm³/mol. The summed E-state index contributed by atoms with van der Waals surface area (Å²) in [4.78, 5) is 2.45. The second-order valence-corrected chi connectivity index (χ2v) is 6.61. The molecule has 2 heterocycles. The molecule has 0 spiro atoms. The molecule has 0 unspecified atom stereocenters. The monoisotopic (exact) mass is 290 g/mol. The number of ether oxygens (including phenoxy) is 2. The largest absolute Gasteiger partial charge is 0.487 e. The molecule has 1 N–H and O–H groups in total. The van der Waals surface area contributed by atoms with Crippen LogP contribution in [0.2, 0.25) is 0 Å². The minimum Gasteiger partial charge on any atom is -0.487 e. The van der Waals surface area contributed by atoms with Gasteiger partial charge < -0.3 is 14.8 Å². The summed E-state index contributed by atoms with van der Waals surface area (Å²) in [5.74, 6) is 1.05. The molecule has 21 heavy (non-hydrogen) atoms. The number of nitrogens with zero attached hydrogens (tertiary/aromatic N) is 1. The Morgan fingerprint density at radius 1 is 1.24 bits per heavy atom. The summed E-state index contributed by atoms with van der Waals surface area (Å²) in [6, 6.07) is 6.57. The van der Waals surface area contributed by atoms with E-state index in [9.17, 15) is 0 Å². The van der Waals surface area contributed by atoms with Gasteiger partial charge in [0, 0.05) is 39.1 Å². The van der Waals surface area contributed by atoms with Crippen molar-refractivity contribution in [3.63, 3.8) is 0 Å². The van der Waals surface area contributed by atoms with Crippen molar-refractivity contribution in [2.75, 3.05) is 39.4 Å². The van der Waals surface area contributed by atoms with Gasteiger partial charge in [0.25, 0.3) is 0 Å². The summed E-state index contributed by atoms with van der Waals surface area (Å²) in [5.41, 5.74) is 2.63. The number of fused-ring (bicyclic) bond motifs is 1. The average Bonchev–Trinajstić information content (AvgIpc) is 2.78. The maximum absolute atomic E-state index is 5.92. The molecule has 4 nitrogen and oxygen atoms in total. The van der Waals surface area contributed by atoms with Crippen molar-refractivity contribution >= 4 is 0 Å². The average molecular weight is 290 g/mol. The van der Waals surface area contributed by atoms with Gasteiger partial charge in [-0.25, -0.2) is 0 Å². The molecule has 116 valence electrons. The van der Waals surface area contributed by atoms with Crippen LogP contribution in [0.15, 0.2) is 18.2 Å². The quantitative estimate of drug-likeness (QED) is 0.839. The van der Waals surface area contributed by atoms with Crippen molar-refractivity contribution in [2.24, 2.45) is 0 Å². The Labute approximate surface area is 127 Å². The van der Waals surface area contributed by atoms with E-state index in [1.54, 1.807) is 0 Å². The van der Waals surface area contributed by atoms with Gasteiger partial charge in [-0.1, -0.05) is 12.1 Å². The van der Waals surface area contributed by atoms with Gasteiger partial charge in [-0.05, 0) is 31.0 Å². The van der Waals surface area contributed by atoms with Gasteiger partial charge in [0.1, 0.15) is 11.4 Å². The molecule has 1 aromatic rings. The van der Waals surface area contributed by atoms with E-state index in [-0.39, 0.29) is 5.60 Å². The topological polar surface area (TPSA) is 33.7 Å². The van der Waals surface area contributed by atoms with Crippen LogP contribution in [-0.2, 0) is 17.7 Å². The normalized spacial score (nSPS) is 21.0. The smallest absolute Gasteiger partial charge is 0.123 e. The van der Waals surface area contributed by atoms with E-state index in [1.165, 1.54) is 11.1 Å². The lowest BCUT2D eigenvalue weighted by atomic mass is 10.0. The van der Waals surface area contributed by atoms with Crippen LogP contribution in [-0.4, -0.2) is 49.9 Å². The van der Waals surface area contributed by atoms with Gasteiger partial charge in [-0.2, -0.15) is 0 Å². The summed E-state index contributed by atoms with van der Waals surface area (Å²) in [6.45, 7) is 11.2. The standard InChI is InChI=1S/C17H26N2O2/c1-17(2)12-15-11-14(3-4-16(15)21-17)13-18-5-6-19-7-9-20-10-8-19/h3-4,11,18H,5-10,12-13H2,1-2H3. The third-order valence-electron chi connectivity index (χ3n) is 4.16. The predicted octanol–water partition coefficient (Wildman–Crippen LogP) is 1.82. The highest BCUT2D eigenvalue weighted by Gasteiger charge is 2.29. The summed E-state index contributed by atoms with van der Waals surface area (Å²) < 4.78 is 11.3. The van der Waals surface area contributed by atoms with E-state index in [0.717, 1.165) is 58.1 Å². The lowest BCUT2D eigenvalue weighted by molar-refractivity contribution is 0.0384. The highest BCUT2D eigenvalue weighted by Crippen LogP contribution is 2.35. The maximum atomic E-state index is 5.92. The van der Waals surface area contributed by atoms with E-state index in [4.69, 9.17) is 9.47 Å². The molecule has 1 fully saturated rings. The minimum atomic E-state index is -0.0509. The third kappa shape index (κ3) is 3.96. The van der Waals surface area contributed by atoms with Crippen LogP contribution in [0.1, 0.15) is 25.0 Å². The van der Waals surface area contributed by atoms with Crippen LogP contribution >= 0.6 is 0 Å². The highest BCUT2D eigenvalue weighted by molar-refractivity contribution is 5.41. The first-order valence-electron chi connectivity index (χ1n) is 7.94. The van der Waals surface area contributed by atoms with Gasteiger partial charge in [0.15, 0.2) is 0 Å². The number of hydrogen-bond acceptors (Lipinski definition) is 4. The zero-order chi connectivity index (χ0) is 14.7. The van der Waals surface area contributed by atoms with Crippen molar-refractivity contribution in [3.8, 4) is 5.75 Å². The number of benzene rings is 1. The lowest BCUT2D eigenvalue weighted by Crippen LogP contribution is -2.40. The zero-order valence-corrected chi connectivity index (χ0v) is 13.2. The molecule has 1 aromatic carbocycles. The number of hydrogen-bond donors (Lipinski definition) is 1. The van der Waals surface area contributed by atoms with Crippen LogP contribution < -0.4 is 10.1 Å². The molecule has 3 rings (SSSR count). The van der Waals surface area contributed by atoms with E-state index in [0.29, 0.717) is 0 Å². The zero-order valence-electron chi connectivity index (χ0n) is 13.2. The Balaban J connectivity index is 1.44. The van der Waals surface area contributed by atoms with Gasteiger partial charge in [-0.3, -0.25) is 4.90 Å². The van der Waals surface area contributed by atoms with E-state index in [1.807, 2.05) is 0 Å². The molecule has 0 bridgehead atoms. The Morgan fingerprint density at radius 3 is 2.86 bits per heavy atom. The molecule has 2 aliphatic rings. The Kier molecular flexibility index (Phi) is 4.48. The first-order valence-corrected chi connectivity index (χ1v) is 7.94. The first kappa shape index (κ1) is 14.8. The van der Waals surface area contributed by atoms with Crippen molar-refractivity contribution in [3.05, 3.63) is 29.3 Å². The molecule has 0 atom stereocenters. The van der Waals surface area contributed by atoms with Gasteiger partial charge >= 0.3 is 0 Å². The second-order valence-electron chi connectivity index (χ2n) is 6.61. The summed E-state index contributed by atoms with van der Waals surface area (Å²) in [5, 5.41) is 3.54.